The molecule has 0 saturated heterocycles. The van der Waals surface area contributed by atoms with Crippen molar-refractivity contribution in [1.82, 2.24) is 14.5 Å². The van der Waals surface area contributed by atoms with Gasteiger partial charge >= 0.3 is 10.2 Å². The predicted octanol–water partition coefficient (Wildman–Crippen LogP) is 3.17. The topological polar surface area (TPSA) is 90.0 Å². The van der Waals surface area contributed by atoms with Crippen molar-refractivity contribution in [1.29, 1.82) is 0 Å². The Hall–Kier alpha value is -2.91. The number of benzene rings is 2. The normalized spacial score (nSPS) is 12.3. The summed E-state index contributed by atoms with van der Waals surface area (Å²) in [6.07, 6.45) is 0.396. The van der Waals surface area contributed by atoms with E-state index in [0.717, 1.165) is 30.9 Å². The monoisotopic (exact) mass is 502 g/mol. The molecule has 0 aliphatic rings. The average Bonchev–Trinajstić information content (AvgIpc) is 2.79. The lowest BCUT2D eigenvalue weighted by Gasteiger charge is -2.34. The minimum Gasteiger partial charge on any atom is -0.355 e. The van der Waals surface area contributed by atoms with E-state index in [2.05, 4.69) is 5.32 Å². The Labute approximate surface area is 210 Å². The molecule has 0 aliphatic carbocycles. The van der Waals surface area contributed by atoms with Crippen LogP contribution in [0.2, 0.25) is 0 Å². The quantitative estimate of drug-likeness (QED) is 0.511. The van der Waals surface area contributed by atoms with Crippen LogP contribution in [-0.4, -0.2) is 62.7 Å². The average molecular weight is 503 g/mol. The standard InChI is InChI=1S/C26H38N4O4S/c1-8-23(26(32)27-9-2)29(17-22-12-10-11-19(3)15-22)25(31)18-30(35(33,34)28(6)7)24-16-20(4)13-14-21(24)5/h10-16,23H,8-9,17-18H2,1-7H3,(H,27,32)/t23-/m1/s1. The first kappa shape index (κ1) is 28.3. The molecule has 2 aromatic rings. The number of aryl methyl sites for hydroxylation is 3. The van der Waals surface area contributed by atoms with Gasteiger partial charge in [-0.05, 0) is 56.9 Å². The molecule has 0 unspecified atom stereocenters. The molecule has 0 aliphatic heterocycles. The molecule has 0 spiro atoms. The molecule has 2 amide bonds. The Balaban J connectivity index is 2.55. The van der Waals surface area contributed by atoms with Crippen LogP contribution >= 0.6 is 0 Å². The molecule has 1 atom stereocenters. The number of anilines is 1. The van der Waals surface area contributed by atoms with Gasteiger partial charge in [-0.2, -0.15) is 12.7 Å². The van der Waals surface area contributed by atoms with Gasteiger partial charge in [0.1, 0.15) is 12.6 Å². The van der Waals surface area contributed by atoms with Crippen molar-refractivity contribution in [2.75, 3.05) is 31.5 Å². The van der Waals surface area contributed by atoms with Crippen molar-refractivity contribution >= 4 is 27.7 Å². The van der Waals surface area contributed by atoms with Gasteiger partial charge in [0.05, 0.1) is 5.69 Å². The summed E-state index contributed by atoms with van der Waals surface area (Å²) in [5.74, 6) is -0.708. The van der Waals surface area contributed by atoms with Gasteiger partial charge in [0.15, 0.2) is 0 Å². The van der Waals surface area contributed by atoms with E-state index in [0.29, 0.717) is 18.7 Å². The van der Waals surface area contributed by atoms with Crippen LogP contribution in [-0.2, 0) is 26.3 Å². The van der Waals surface area contributed by atoms with Crippen molar-refractivity contribution < 1.29 is 18.0 Å². The van der Waals surface area contributed by atoms with E-state index in [4.69, 9.17) is 0 Å². The summed E-state index contributed by atoms with van der Waals surface area (Å²) in [5.41, 5.74) is 3.95. The summed E-state index contributed by atoms with van der Waals surface area (Å²) in [7, 11) is -1.11. The van der Waals surface area contributed by atoms with Crippen LogP contribution in [0.4, 0.5) is 5.69 Å². The van der Waals surface area contributed by atoms with Crippen molar-refractivity contribution in [2.24, 2.45) is 0 Å². The third-order valence-corrected chi connectivity index (χ3v) is 7.63. The zero-order valence-corrected chi connectivity index (χ0v) is 22.6. The molecule has 2 rings (SSSR count). The second-order valence-corrected chi connectivity index (χ2v) is 11.0. The summed E-state index contributed by atoms with van der Waals surface area (Å²) in [6.45, 7) is 9.51. The second-order valence-electron chi connectivity index (χ2n) is 8.92. The largest absolute Gasteiger partial charge is 0.355 e. The summed E-state index contributed by atoms with van der Waals surface area (Å²) < 4.78 is 28.9. The van der Waals surface area contributed by atoms with Crippen molar-refractivity contribution in [2.45, 2.75) is 53.6 Å². The van der Waals surface area contributed by atoms with E-state index in [-0.39, 0.29) is 12.5 Å². The summed E-state index contributed by atoms with van der Waals surface area (Å²) in [5, 5.41) is 2.81. The van der Waals surface area contributed by atoms with Gasteiger partial charge in [-0.25, -0.2) is 4.31 Å². The Bertz CT molecular complexity index is 1150. The highest BCUT2D eigenvalue weighted by Crippen LogP contribution is 2.26. The fourth-order valence-corrected chi connectivity index (χ4v) is 5.02. The molecular formula is C26H38N4O4S. The number of likely N-dealkylation sites (N-methyl/N-ethyl adjacent to an activating group) is 1. The van der Waals surface area contributed by atoms with Crippen LogP contribution in [0.5, 0.6) is 0 Å². The van der Waals surface area contributed by atoms with Crippen LogP contribution < -0.4 is 9.62 Å². The van der Waals surface area contributed by atoms with Crippen LogP contribution in [0.25, 0.3) is 0 Å². The Morgan fingerprint density at radius 2 is 1.63 bits per heavy atom. The number of carbonyl (C=O) groups is 2. The lowest BCUT2D eigenvalue weighted by atomic mass is 10.1. The first-order valence-corrected chi connectivity index (χ1v) is 13.2. The third-order valence-electron chi connectivity index (χ3n) is 5.82. The Morgan fingerprint density at radius 3 is 2.20 bits per heavy atom. The lowest BCUT2D eigenvalue weighted by molar-refractivity contribution is -0.140. The highest BCUT2D eigenvalue weighted by atomic mass is 32.2. The van der Waals surface area contributed by atoms with Crippen molar-refractivity contribution in [3.05, 3.63) is 64.7 Å². The molecule has 0 bridgehead atoms. The molecule has 192 valence electrons. The van der Waals surface area contributed by atoms with E-state index < -0.39 is 28.7 Å². The minimum absolute atomic E-state index is 0.193. The first-order chi connectivity index (χ1) is 16.4. The number of carbonyl (C=O) groups excluding carboxylic acids is 2. The summed E-state index contributed by atoms with van der Waals surface area (Å²) in [6, 6.07) is 12.5. The zero-order valence-electron chi connectivity index (χ0n) is 21.8. The fraction of sp³-hybridized carbons (Fsp3) is 0.462. The van der Waals surface area contributed by atoms with Crippen LogP contribution in [0.3, 0.4) is 0 Å². The van der Waals surface area contributed by atoms with E-state index >= 15 is 0 Å². The Kier molecular flexibility index (Phi) is 9.85. The van der Waals surface area contributed by atoms with Gasteiger partial charge in [0.2, 0.25) is 11.8 Å². The molecular weight excluding hydrogens is 464 g/mol. The smallest absolute Gasteiger partial charge is 0.304 e. The molecule has 0 heterocycles. The highest BCUT2D eigenvalue weighted by Gasteiger charge is 2.34. The molecule has 35 heavy (non-hydrogen) atoms. The van der Waals surface area contributed by atoms with Crippen LogP contribution in [0.1, 0.15) is 42.5 Å². The second kappa shape index (κ2) is 12.2. The maximum absolute atomic E-state index is 13.8. The maximum atomic E-state index is 13.8. The van der Waals surface area contributed by atoms with Gasteiger partial charge in [-0.15, -0.1) is 0 Å². The number of rotatable bonds is 11. The van der Waals surface area contributed by atoms with Gasteiger partial charge in [0.25, 0.3) is 0 Å². The van der Waals surface area contributed by atoms with Gasteiger partial charge in [0, 0.05) is 27.2 Å². The molecule has 0 aromatic heterocycles. The fourth-order valence-electron chi connectivity index (χ4n) is 3.91. The van der Waals surface area contributed by atoms with Gasteiger partial charge in [-0.1, -0.05) is 48.9 Å². The summed E-state index contributed by atoms with van der Waals surface area (Å²) >= 11 is 0. The van der Waals surface area contributed by atoms with Gasteiger partial charge in [-0.3, -0.25) is 9.59 Å². The molecule has 0 radical (unpaired) electrons. The van der Waals surface area contributed by atoms with E-state index in [9.17, 15) is 18.0 Å². The molecule has 0 saturated carbocycles. The van der Waals surface area contributed by atoms with Crippen molar-refractivity contribution in [3.8, 4) is 0 Å². The molecule has 1 N–H and O–H groups in total. The predicted molar refractivity (Wildman–Crippen MR) is 140 cm³/mol. The molecule has 0 fully saturated rings. The van der Waals surface area contributed by atoms with Crippen LogP contribution in [0.15, 0.2) is 42.5 Å². The lowest BCUT2D eigenvalue weighted by Crippen LogP contribution is -2.53. The van der Waals surface area contributed by atoms with E-state index in [1.54, 1.807) is 6.07 Å². The maximum Gasteiger partial charge on any atom is 0.304 e. The highest BCUT2D eigenvalue weighted by molar-refractivity contribution is 7.90. The Morgan fingerprint density at radius 1 is 0.971 bits per heavy atom. The minimum atomic E-state index is -3.98. The summed E-state index contributed by atoms with van der Waals surface area (Å²) in [4.78, 5) is 28.2. The molecule has 2 aromatic carbocycles. The SMILES string of the molecule is CCNC(=O)[C@@H](CC)N(Cc1cccc(C)c1)C(=O)CN(c1cc(C)ccc1C)S(=O)(=O)N(C)C. The zero-order chi connectivity index (χ0) is 26.3. The van der Waals surface area contributed by atoms with E-state index in [1.807, 2.05) is 71.0 Å². The van der Waals surface area contributed by atoms with Crippen molar-refractivity contribution in [3.63, 3.8) is 0 Å². The number of nitrogens with one attached hydrogen (secondary N) is 1. The third kappa shape index (κ3) is 7.05. The van der Waals surface area contributed by atoms with E-state index in [1.165, 1.54) is 19.0 Å². The molecule has 8 nitrogen and oxygen atoms in total. The number of hydrogen-bond acceptors (Lipinski definition) is 4. The number of nitrogens with zero attached hydrogens (tertiary/aromatic N) is 3. The van der Waals surface area contributed by atoms with Crippen LogP contribution in [0, 0.1) is 20.8 Å². The number of hydrogen-bond donors (Lipinski definition) is 1. The first-order valence-electron chi connectivity index (χ1n) is 11.8. The van der Waals surface area contributed by atoms with Gasteiger partial charge < -0.3 is 10.2 Å². The number of amides is 2. The molecule has 9 heteroatoms.